The van der Waals surface area contributed by atoms with Crippen LogP contribution in [0.5, 0.6) is 11.5 Å². The Balaban J connectivity index is 1.74. The summed E-state index contributed by atoms with van der Waals surface area (Å²) in [5.74, 6) is -1.62. The average Bonchev–Trinajstić information content (AvgIpc) is 3.37. The minimum absolute atomic E-state index is 0.0501. The molecule has 0 saturated carbocycles. The Hall–Kier alpha value is -4.69. The standard InChI is InChI=1S/C37H39FN2O5/c1-25(2)36-31(18-17-28(41)23-29(42)24-34(43)44)35(27-16-19-32(38)33(22-27)45-30-14-8-4-9-15-30)37(26-12-6-3-7-13-26)40(36)39-20-10-5-11-21-39/h3-4,6-9,12-19,22,25,28,41H,5,10-11,20-21,23-24H2,1-2H3,(H,43,44). The van der Waals surface area contributed by atoms with Crippen LogP contribution in [0.4, 0.5) is 4.39 Å². The highest BCUT2D eigenvalue weighted by Gasteiger charge is 2.29. The molecule has 4 aromatic rings. The predicted octanol–water partition coefficient (Wildman–Crippen LogP) is 7.81. The number of Topliss-reactive ketones (excluding diaryl/α,β-unsaturated/α-hetero) is 1. The van der Waals surface area contributed by atoms with E-state index < -0.39 is 30.1 Å². The molecule has 0 spiro atoms. The number of para-hydroxylation sites is 1. The maximum atomic E-state index is 15.2. The molecule has 1 fully saturated rings. The van der Waals surface area contributed by atoms with Crippen LogP contribution in [-0.4, -0.2) is 45.8 Å². The summed E-state index contributed by atoms with van der Waals surface area (Å²) in [5, 5.41) is 22.1. The van der Waals surface area contributed by atoms with Gasteiger partial charge in [0.05, 0.1) is 17.5 Å². The number of carbonyl (C=O) groups excluding carboxylic acids is 1. The fraction of sp³-hybridized carbons (Fsp3) is 0.297. The van der Waals surface area contributed by atoms with Crippen LogP contribution in [0.15, 0.2) is 84.9 Å². The molecule has 2 heterocycles. The molecule has 0 bridgehead atoms. The summed E-state index contributed by atoms with van der Waals surface area (Å²) in [6.45, 7) is 5.98. The molecule has 5 rings (SSSR count). The number of rotatable bonds is 12. The van der Waals surface area contributed by atoms with Gasteiger partial charge in [-0.25, -0.2) is 4.39 Å². The molecule has 0 radical (unpaired) electrons. The highest BCUT2D eigenvalue weighted by molar-refractivity contribution is 5.95. The van der Waals surface area contributed by atoms with E-state index in [1.807, 2.05) is 42.5 Å². The Morgan fingerprint density at radius 2 is 1.60 bits per heavy atom. The third-order valence-corrected chi connectivity index (χ3v) is 7.89. The van der Waals surface area contributed by atoms with Crippen molar-refractivity contribution in [1.29, 1.82) is 0 Å². The number of piperidine rings is 1. The number of aliphatic hydroxyl groups excluding tert-OH is 1. The van der Waals surface area contributed by atoms with Crippen LogP contribution in [0, 0.1) is 5.82 Å². The number of carbonyl (C=O) groups is 2. The van der Waals surface area contributed by atoms with Gasteiger partial charge in [-0.2, -0.15) is 0 Å². The quantitative estimate of drug-likeness (QED) is 0.159. The minimum atomic E-state index is -1.23. The molecule has 234 valence electrons. The van der Waals surface area contributed by atoms with Gasteiger partial charge >= 0.3 is 5.97 Å². The second-order valence-electron chi connectivity index (χ2n) is 11.7. The number of carboxylic acid groups (broad SMARTS) is 1. The summed E-state index contributed by atoms with van der Waals surface area (Å²) in [7, 11) is 0. The Bertz CT molecular complexity index is 1660. The number of ketones is 1. The average molecular weight is 611 g/mol. The van der Waals surface area contributed by atoms with Crippen LogP contribution in [0.1, 0.15) is 63.1 Å². The highest BCUT2D eigenvalue weighted by atomic mass is 19.1. The number of aromatic nitrogens is 1. The molecular weight excluding hydrogens is 571 g/mol. The second-order valence-corrected chi connectivity index (χ2v) is 11.7. The van der Waals surface area contributed by atoms with E-state index in [1.165, 1.54) is 6.07 Å². The molecule has 1 atom stereocenters. The van der Waals surface area contributed by atoms with Gasteiger partial charge < -0.3 is 20.0 Å². The van der Waals surface area contributed by atoms with Crippen molar-refractivity contribution in [2.24, 2.45) is 0 Å². The van der Waals surface area contributed by atoms with Gasteiger partial charge in [-0.15, -0.1) is 0 Å². The van der Waals surface area contributed by atoms with E-state index >= 15 is 4.39 Å². The smallest absolute Gasteiger partial charge is 0.310 e. The van der Waals surface area contributed by atoms with Gasteiger partial charge in [0.2, 0.25) is 0 Å². The fourth-order valence-corrected chi connectivity index (χ4v) is 5.95. The van der Waals surface area contributed by atoms with Crippen molar-refractivity contribution in [2.75, 3.05) is 18.1 Å². The van der Waals surface area contributed by atoms with Gasteiger partial charge in [0.15, 0.2) is 11.6 Å². The number of aliphatic carboxylic acids is 1. The fourth-order valence-electron chi connectivity index (χ4n) is 5.95. The van der Waals surface area contributed by atoms with Crippen LogP contribution in [0.25, 0.3) is 28.5 Å². The Morgan fingerprint density at radius 1 is 0.933 bits per heavy atom. The largest absolute Gasteiger partial charge is 0.481 e. The lowest BCUT2D eigenvalue weighted by Gasteiger charge is -2.34. The van der Waals surface area contributed by atoms with Crippen LogP contribution in [0.3, 0.4) is 0 Å². The normalized spacial score (nSPS) is 14.2. The van der Waals surface area contributed by atoms with Crippen molar-refractivity contribution >= 4 is 17.8 Å². The molecule has 3 aromatic carbocycles. The SMILES string of the molecule is CC(C)c1c(C=CC(O)CC(=O)CC(=O)O)c(-c2ccc(F)c(Oc3ccccc3)c2)c(-c2ccccc2)n1N1CCCCC1. The van der Waals surface area contributed by atoms with Crippen molar-refractivity contribution in [3.63, 3.8) is 0 Å². The van der Waals surface area contributed by atoms with E-state index in [4.69, 9.17) is 9.84 Å². The van der Waals surface area contributed by atoms with E-state index in [-0.39, 0.29) is 18.1 Å². The molecule has 45 heavy (non-hydrogen) atoms. The van der Waals surface area contributed by atoms with Crippen LogP contribution in [-0.2, 0) is 9.59 Å². The maximum absolute atomic E-state index is 15.2. The Kier molecular flexibility index (Phi) is 10.1. The predicted molar refractivity (Wildman–Crippen MR) is 175 cm³/mol. The van der Waals surface area contributed by atoms with Gasteiger partial charge in [-0.05, 0) is 55.0 Å². The van der Waals surface area contributed by atoms with Crippen molar-refractivity contribution < 1.29 is 28.9 Å². The van der Waals surface area contributed by atoms with Crippen LogP contribution >= 0.6 is 0 Å². The zero-order chi connectivity index (χ0) is 31.9. The number of ether oxygens (including phenoxy) is 1. The van der Waals surface area contributed by atoms with Crippen molar-refractivity contribution in [1.82, 2.24) is 4.68 Å². The van der Waals surface area contributed by atoms with E-state index in [0.29, 0.717) is 5.75 Å². The lowest BCUT2D eigenvalue weighted by atomic mass is 9.94. The Labute approximate surface area is 263 Å². The first-order valence-electron chi connectivity index (χ1n) is 15.4. The first kappa shape index (κ1) is 31.7. The van der Waals surface area contributed by atoms with Gasteiger partial charge in [0, 0.05) is 36.2 Å². The lowest BCUT2D eigenvalue weighted by Crippen LogP contribution is -2.40. The molecule has 2 N–H and O–H groups in total. The third-order valence-electron chi connectivity index (χ3n) is 7.89. The van der Waals surface area contributed by atoms with Gasteiger partial charge in [0.25, 0.3) is 0 Å². The summed E-state index contributed by atoms with van der Waals surface area (Å²) in [5.41, 5.74) is 5.34. The molecule has 8 heteroatoms. The number of nitrogens with zero attached hydrogens (tertiary/aromatic N) is 2. The molecular formula is C37H39FN2O5. The highest BCUT2D eigenvalue weighted by Crippen LogP contribution is 2.44. The van der Waals surface area contributed by atoms with E-state index in [2.05, 4.69) is 35.7 Å². The maximum Gasteiger partial charge on any atom is 0.310 e. The monoisotopic (exact) mass is 610 g/mol. The van der Waals surface area contributed by atoms with Crippen molar-refractivity contribution in [2.45, 2.75) is 58.0 Å². The summed E-state index contributed by atoms with van der Waals surface area (Å²) in [6, 6.07) is 24.0. The topological polar surface area (TPSA) is 92.0 Å². The van der Waals surface area contributed by atoms with Gasteiger partial charge in [-0.3, -0.25) is 14.3 Å². The molecule has 1 aromatic heterocycles. The van der Waals surface area contributed by atoms with Gasteiger partial charge in [0.1, 0.15) is 18.0 Å². The molecule has 1 aliphatic rings. The summed E-state index contributed by atoms with van der Waals surface area (Å²) in [4.78, 5) is 23.2. The zero-order valence-corrected chi connectivity index (χ0v) is 25.7. The van der Waals surface area contributed by atoms with E-state index in [9.17, 15) is 14.7 Å². The number of benzene rings is 3. The van der Waals surface area contributed by atoms with Crippen LogP contribution in [0.2, 0.25) is 0 Å². The first-order chi connectivity index (χ1) is 21.7. The van der Waals surface area contributed by atoms with E-state index in [1.54, 1.807) is 30.3 Å². The zero-order valence-electron chi connectivity index (χ0n) is 25.7. The number of halogens is 1. The van der Waals surface area contributed by atoms with Gasteiger partial charge in [-0.1, -0.05) is 80.6 Å². The molecule has 0 aliphatic carbocycles. The third kappa shape index (κ3) is 7.52. The lowest BCUT2D eigenvalue weighted by molar-refractivity contribution is -0.140. The number of hydrogen-bond acceptors (Lipinski definition) is 5. The first-order valence-corrected chi connectivity index (χ1v) is 15.4. The molecule has 1 aliphatic heterocycles. The second kappa shape index (κ2) is 14.4. The summed E-state index contributed by atoms with van der Waals surface area (Å²) >= 11 is 0. The molecule has 1 saturated heterocycles. The molecule has 7 nitrogen and oxygen atoms in total. The summed E-state index contributed by atoms with van der Waals surface area (Å²) in [6.07, 6.45) is 4.51. The summed E-state index contributed by atoms with van der Waals surface area (Å²) < 4.78 is 23.5. The van der Waals surface area contributed by atoms with Crippen molar-refractivity contribution in [3.8, 4) is 33.9 Å². The number of aliphatic hydroxyl groups is 1. The number of hydrogen-bond donors (Lipinski definition) is 2. The minimum Gasteiger partial charge on any atom is -0.481 e. The Morgan fingerprint density at radius 3 is 2.24 bits per heavy atom. The molecule has 1 unspecified atom stereocenters. The van der Waals surface area contributed by atoms with Crippen molar-refractivity contribution in [3.05, 3.63) is 102 Å². The number of carboxylic acids is 1. The van der Waals surface area contributed by atoms with Crippen LogP contribution < -0.4 is 9.75 Å². The molecule has 0 amide bonds. The van der Waals surface area contributed by atoms with E-state index in [0.717, 1.165) is 66.0 Å².